The third-order valence-corrected chi connectivity index (χ3v) is 5.48. The number of hydrogen-bond donors (Lipinski definition) is 1. The number of amides is 1. The van der Waals surface area contributed by atoms with Crippen molar-refractivity contribution in [1.82, 2.24) is 4.90 Å². The van der Waals surface area contributed by atoms with E-state index in [0.717, 1.165) is 12.8 Å². The molecule has 116 valence electrons. The Bertz CT molecular complexity index is 661. The van der Waals surface area contributed by atoms with Crippen molar-refractivity contribution >= 4 is 5.91 Å². The van der Waals surface area contributed by atoms with Crippen molar-refractivity contribution in [1.29, 1.82) is 5.26 Å². The number of carbonyl (C=O) groups excluding carboxylic acids is 1. The predicted octanol–water partition coefficient (Wildman–Crippen LogP) is 2.46. The molecule has 4 nitrogen and oxygen atoms in total. The average Bonchev–Trinajstić information content (AvgIpc) is 2.97. The molecule has 0 spiro atoms. The molecule has 3 atom stereocenters. The van der Waals surface area contributed by atoms with Crippen LogP contribution in [-0.4, -0.2) is 22.9 Å². The van der Waals surface area contributed by atoms with Crippen LogP contribution < -0.4 is 5.73 Å². The number of nitrogens with zero attached hydrogens (tertiary/aromatic N) is 2. The summed E-state index contributed by atoms with van der Waals surface area (Å²) in [4.78, 5) is 14.7. The summed E-state index contributed by atoms with van der Waals surface area (Å²) in [6.45, 7) is 5.92. The zero-order valence-electron chi connectivity index (χ0n) is 13.5. The molecule has 0 saturated carbocycles. The second kappa shape index (κ2) is 4.82. The Kier molecular flexibility index (Phi) is 3.30. The molecule has 2 aliphatic rings. The van der Waals surface area contributed by atoms with Gasteiger partial charge in [-0.05, 0) is 51.2 Å². The lowest BCUT2D eigenvalue weighted by atomic mass is 9.82. The molecule has 22 heavy (non-hydrogen) atoms. The van der Waals surface area contributed by atoms with Gasteiger partial charge in [-0.3, -0.25) is 4.79 Å². The lowest BCUT2D eigenvalue weighted by Gasteiger charge is -2.40. The van der Waals surface area contributed by atoms with Crippen molar-refractivity contribution < 1.29 is 4.79 Å². The van der Waals surface area contributed by atoms with E-state index in [9.17, 15) is 10.1 Å². The van der Waals surface area contributed by atoms with Crippen LogP contribution in [0.25, 0.3) is 0 Å². The van der Waals surface area contributed by atoms with E-state index in [1.807, 2.05) is 30.9 Å². The molecule has 2 fully saturated rings. The molecule has 2 saturated heterocycles. The van der Waals surface area contributed by atoms with E-state index in [4.69, 9.17) is 5.73 Å². The van der Waals surface area contributed by atoms with Gasteiger partial charge in [0.15, 0.2) is 0 Å². The molecular weight excluding hydrogens is 274 g/mol. The number of fused-ring (bicyclic) bond motifs is 1. The van der Waals surface area contributed by atoms with Crippen LogP contribution in [0.15, 0.2) is 24.3 Å². The van der Waals surface area contributed by atoms with Crippen LogP contribution in [0.1, 0.15) is 44.2 Å². The maximum atomic E-state index is 12.7. The van der Waals surface area contributed by atoms with Crippen molar-refractivity contribution in [3.05, 3.63) is 35.4 Å². The third kappa shape index (κ3) is 1.89. The number of carbonyl (C=O) groups is 1. The van der Waals surface area contributed by atoms with Crippen molar-refractivity contribution in [3.63, 3.8) is 0 Å². The molecule has 0 unspecified atom stereocenters. The zero-order valence-corrected chi connectivity index (χ0v) is 13.5. The minimum atomic E-state index is -0.565. The highest BCUT2D eigenvalue weighted by molar-refractivity contribution is 5.86. The number of nitriles is 1. The van der Waals surface area contributed by atoms with Crippen LogP contribution >= 0.6 is 0 Å². The Balaban J connectivity index is 2.14. The van der Waals surface area contributed by atoms with Gasteiger partial charge in [0, 0.05) is 0 Å². The molecule has 3 rings (SSSR count). The van der Waals surface area contributed by atoms with Crippen LogP contribution in [0.5, 0.6) is 0 Å². The third-order valence-electron chi connectivity index (χ3n) is 5.48. The molecule has 1 aromatic rings. The van der Waals surface area contributed by atoms with Gasteiger partial charge >= 0.3 is 0 Å². The molecule has 0 radical (unpaired) electrons. The Morgan fingerprint density at radius 3 is 2.73 bits per heavy atom. The summed E-state index contributed by atoms with van der Waals surface area (Å²) in [5.74, 6) is -0.00548. The van der Waals surface area contributed by atoms with Crippen LogP contribution in [0.3, 0.4) is 0 Å². The zero-order chi connectivity index (χ0) is 16.1. The van der Waals surface area contributed by atoms with Crippen LogP contribution in [-0.2, 0) is 10.3 Å². The minimum Gasteiger partial charge on any atom is -0.327 e. The van der Waals surface area contributed by atoms with Gasteiger partial charge in [-0.2, -0.15) is 5.26 Å². The first-order valence-corrected chi connectivity index (χ1v) is 7.89. The van der Waals surface area contributed by atoms with E-state index in [0.29, 0.717) is 6.42 Å². The van der Waals surface area contributed by atoms with Crippen molar-refractivity contribution in [3.8, 4) is 6.07 Å². The predicted molar refractivity (Wildman–Crippen MR) is 84.7 cm³/mol. The summed E-state index contributed by atoms with van der Waals surface area (Å²) in [7, 11) is 0. The molecule has 0 aliphatic carbocycles. The summed E-state index contributed by atoms with van der Waals surface area (Å²) in [5, 5.41) is 9.52. The van der Waals surface area contributed by atoms with Gasteiger partial charge in [0.05, 0.1) is 29.1 Å². The number of hydrogen-bond acceptors (Lipinski definition) is 3. The lowest BCUT2D eigenvalue weighted by Crippen LogP contribution is -2.49. The first kappa shape index (κ1) is 15.1. The highest BCUT2D eigenvalue weighted by Gasteiger charge is 2.60. The fourth-order valence-electron chi connectivity index (χ4n) is 4.35. The summed E-state index contributed by atoms with van der Waals surface area (Å²) >= 11 is 0. The summed E-state index contributed by atoms with van der Waals surface area (Å²) < 4.78 is 0. The normalized spacial score (nSPS) is 31.2. The van der Waals surface area contributed by atoms with E-state index in [1.54, 1.807) is 0 Å². The van der Waals surface area contributed by atoms with Gasteiger partial charge in [0.1, 0.15) is 0 Å². The summed E-state index contributed by atoms with van der Waals surface area (Å²) in [5.41, 5.74) is 7.59. The van der Waals surface area contributed by atoms with E-state index in [2.05, 4.69) is 25.1 Å². The standard InChI is InChI=1S/C18H23N3O/c1-12-6-4-5-7-13(12)18-9-8-15(17(2,3)11-19)21(18)16(22)14(20)10-18/h4-7,14-15H,8-10,20H2,1-3H3/t14-,15+,18+/m0/s1. The van der Waals surface area contributed by atoms with Gasteiger partial charge in [-0.1, -0.05) is 24.3 Å². The lowest BCUT2D eigenvalue weighted by molar-refractivity contribution is -0.134. The summed E-state index contributed by atoms with van der Waals surface area (Å²) in [6.07, 6.45) is 2.38. The van der Waals surface area contributed by atoms with Crippen molar-refractivity contribution in [2.24, 2.45) is 11.1 Å². The smallest absolute Gasteiger partial charge is 0.240 e. The van der Waals surface area contributed by atoms with Crippen LogP contribution in [0.4, 0.5) is 0 Å². The fourth-order valence-corrected chi connectivity index (χ4v) is 4.35. The number of nitrogens with two attached hydrogens (primary N) is 1. The second-order valence-electron chi connectivity index (χ2n) is 7.25. The highest BCUT2D eigenvalue weighted by atomic mass is 16.2. The Hall–Kier alpha value is -1.86. The van der Waals surface area contributed by atoms with Gasteiger partial charge in [-0.25, -0.2) is 0 Å². The van der Waals surface area contributed by atoms with Gasteiger partial charge in [0.25, 0.3) is 0 Å². The van der Waals surface area contributed by atoms with Crippen LogP contribution in [0.2, 0.25) is 0 Å². The maximum Gasteiger partial charge on any atom is 0.240 e. The molecule has 0 aromatic heterocycles. The number of benzene rings is 1. The minimum absolute atomic E-state index is 0.00548. The van der Waals surface area contributed by atoms with Gasteiger partial charge in [-0.15, -0.1) is 0 Å². The molecule has 2 N–H and O–H groups in total. The van der Waals surface area contributed by atoms with E-state index >= 15 is 0 Å². The fraction of sp³-hybridized carbons (Fsp3) is 0.556. The second-order valence-corrected chi connectivity index (χ2v) is 7.25. The Morgan fingerprint density at radius 2 is 2.09 bits per heavy atom. The topological polar surface area (TPSA) is 70.1 Å². The molecule has 4 heteroatoms. The van der Waals surface area contributed by atoms with E-state index < -0.39 is 11.5 Å². The Morgan fingerprint density at radius 1 is 1.41 bits per heavy atom. The van der Waals surface area contributed by atoms with Crippen LogP contribution in [0, 0.1) is 23.7 Å². The highest BCUT2D eigenvalue weighted by Crippen LogP contribution is 2.53. The van der Waals surface area contributed by atoms with E-state index in [1.165, 1.54) is 11.1 Å². The van der Waals surface area contributed by atoms with Crippen molar-refractivity contribution in [2.45, 2.75) is 57.7 Å². The molecule has 0 bridgehead atoms. The molecular formula is C18H23N3O. The SMILES string of the molecule is Cc1ccccc1[C@]12CC[C@H](C(C)(C)C#N)N1C(=O)[C@@H](N)C2. The van der Waals surface area contributed by atoms with Gasteiger partial charge < -0.3 is 10.6 Å². The average molecular weight is 297 g/mol. The molecule has 2 heterocycles. The molecule has 1 aromatic carbocycles. The first-order valence-electron chi connectivity index (χ1n) is 7.89. The largest absolute Gasteiger partial charge is 0.327 e. The maximum absolute atomic E-state index is 12.7. The molecule has 1 amide bonds. The monoisotopic (exact) mass is 297 g/mol. The van der Waals surface area contributed by atoms with Gasteiger partial charge in [0.2, 0.25) is 5.91 Å². The quantitative estimate of drug-likeness (QED) is 0.911. The Labute approximate surface area is 131 Å². The number of rotatable bonds is 2. The van der Waals surface area contributed by atoms with Crippen molar-refractivity contribution in [2.75, 3.05) is 0 Å². The number of aryl methyl sites for hydroxylation is 1. The molecule has 2 aliphatic heterocycles. The van der Waals surface area contributed by atoms with E-state index in [-0.39, 0.29) is 17.5 Å². The first-order chi connectivity index (χ1) is 10.3. The summed E-state index contributed by atoms with van der Waals surface area (Å²) in [6, 6.07) is 10.1.